The molecule has 2 N–H and O–H groups in total. The number of hydrogen-bond donors (Lipinski definition) is 2. The van der Waals surface area contributed by atoms with Crippen LogP contribution in [0.4, 0.5) is 5.69 Å². The van der Waals surface area contributed by atoms with E-state index < -0.39 is 0 Å². The van der Waals surface area contributed by atoms with Crippen LogP contribution >= 0.6 is 11.3 Å². The number of nitrogens with zero attached hydrogens (tertiary/aromatic N) is 3. The second-order valence-corrected chi connectivity index (χ2v) is 7.49. The Morgan fingerprint density at radius 3 is 3.03 bits per heavy atom. The van der Waals surface area contributed by atoms with Gasteiger partial charge in [-0.05, 0) is 29.6 Å². The maximum Gasteiger partial charge on any atom is 0.276 e. The van der Waals surface area contributed by atoms with Crippen LogP contribution in [0.15, 0.2) is 60.2 Å². The summed E-state index contributed by atoms with van der Waals surface area (Å²) in [5.74, 6) is 1.18. The molecule has 1 aromatic carbocycles. The van der Waals surface area contributed by atoms with Crippen molar-refractivity contribution in [2.75, 3.05) is 11.9 Å². The molecular weight excluding hydrogens is 390 g/mol. The van der Waals surface area contributed by atoms with E-state index in [9.17, 15) is 4.79 Å². The number of H-pyrrole nitrogens is 1. The standard InChI is InChI=1S/C20H17N5O3S/c26-20(16-8-15(23-24-16)19-6-3-7-29-19)22-13-9-21-25(10-13)11-14-12-27-17-4-1-2-5-18(17)28-14/h1-10,14H,11-12H2,(H,22,26)(H,23,24). The molecule has 4 heterocycles. The Bertz CT molecular complexity index is 1130. The molecule has 0 radical (unpaired) electrons. The van der Waals surface area contributed by atoms with Crippen LogP contribution in [-0.2, 0) is 6.54 Å². The molecule has 1 amide bonds. The van der Waals surface area contributed by atoms with Crippen molar-refractivity contribution in [1.82, 2.24) is 20.0 Å². The third-order valence-corrected chi connectivity index (χ3v) is 5.35. The monoisotopic (exact) mass is 407 g/mol. The van der Waals surface area contributed by atoms with Gasteiger partial charge in [0.1, 0.15) is 6.61 Å². The number of amides is 1. The second-order valence-electron chi connectivity index (χ2n) is 6.55. The third kappa shape index (κ3) is 3.72. The summed E-state index contributed by atoms with van der Waals surface area (Å²) in [6, 6.07) is 13.2. The summed E-state index contributed by atoms with van der Waals surface area (Å²) in [5, 5.41) is 16.1. The van der Waals surface area contributed by atoms with Crippen molar-refractivity contribution in [2.24, 2.45) is 0 Å². The Kier molecular flexibility index (Phi) is 4.49. The maximum absolute atomic E-state index is 12.5. The lowest BCUT2D eigenvalue weighted by molar-refractivity contribution is 0.0759. The molecule has 1 aliphatic heterocycles. The summed E-state index contributed by atoms with van der Waals surface area (Å²) in [6.45, 7) is 0.951. The van der Waals surface area contributed by atoms with Gasteiger partial charge in [0.15, 0.2) is 23.3 Å². The quantitative estimate of drug-likeness (QED) is 0.529. The molecule has 0 spiro atoms. The molecule has 1 aliphatic rings. The normalized spacial score (nSPS) is 15.2. The molecule has 0 saturated carbocycles. The van der Waals surface area contributed by atoms with Crippen molar-refractivity contribution in [3.63, 3.8) is 0 Å². The van der Waals surface area contributed by atoms with E-state index in [1.54, 1.807) is 34.5 Å². The Labute approximate surface area is 170 Å². The van der Waals surface area contributed by atoms with Crippen molar-refractivity contribution in [3.8, 4) is 22.1 Å². The molecule has 0 aliphatic carbocycles. The molecule has 0 saturated heterocycles. The smallest absolute Gasteiger partial charge is 0.276 e. The fourth-order valence-electron chi connectivity index (χ4n) is 3.08. The zero-order chi connectivity index (χ0) is 19.6. The van der Waals surface area contributed by atoms with Gasteiger partial charge in [-0.2, -0.15) is 10.2 Å². The van der Waals surface area contributed by atoms with Gasteiger partial charge in [-0.25, -0.2) is 0 Å². The highest BCUT2D eigenvalue weighted by molar-refractivity contribution is 7.13. The minimum absolute atomic E-state index is 0.159. The van der Waals surface area contributed by atoms with Crippen LogP contribution in [0.3, 0.4) is 0 Å². The second kappa shape index (κ2) is 7.44. The summed E-state index contributed by atoms with van der Waals surface area (Å²) in [6.07, 6.45) is 3.20. The summed E-state index contributed by atoms with van der Waals surface area (Å²) in [4.78, 5) is 13.5. The van der Waals surface area contributed by atoms with Crippen LogP contribution in [0.1, 0.15) is 10.5 Å². The van der Waals surface area contributed by atoms with Crippen LogP contribution in [0.25, 0.3) is 10.6 Å². The topological polar surface area (TPSA) is 94.1 Å². The predicted octanol–water partition coefficient (Wildman–Crippen LogP) is 3.43. The Morgan fingerprint density at radius 1 is 1.28 bits per heavy atom. The molecule has 0 bridgehead atoms. The number of fused-ring (bicyclic) bond motifs is 1. The first-order chi connectivity index (χ1) is 14.2. The summed E-state index contributed by atoms with van der Waals surface area (Å²) < 4.78 is 13.4. The number of aromatic nitrogens is 4. The SMILES string of the molecule is O=C(Nc1cnn(CC2COc3ccccc3O2)c1)c1cc(-c2cccs2)[nH]n1. The first-order valence-electron chi connectivity index (χ1n) is 9.06. The summed E-state index contributed by atoms with van der Waals surface area (Å²) >= 11 is 1.58. The molecule has 3 aromatic heterocycles. The first-order valence-corrected chi connectivity index (χ1v) is 9.94. The van der Waals surface area contributed by atoms with Crippen LogP contribution in [-0.4, -0.2) is 38.6 Å². The number of para-hydroxylation sites is 2. The van der Waals surface area contributed by atoms with E-state index in [0.29, 0.717) is 24.5 Å². The van der Waals surface area contributed by atoms with Gasteiger partial charge in [-0.1, -0.05) is 18.2 Å². The first kappa shape index (κ1) is 17.5. The minimum Gasteiger partial charge on any atom is -0.486 e. The molecule has 9 heteroatoms. The van der Waals surface area contributed by atoms with Gasteiger partial charge in [-0.15, -0.1) is 11.3 Å². The van der Waals surface area contributed by atoms with E-state index in [1.807, 2.05) is 41.8 Å². The van der Waals surface area contributed by atoms with Gasteiger partial charge in [0.25, 0.3) is 5.91 Å². The molecule has 1 unspecified atom stereocenters. The fraction of sp³-hybridized carbons (Fsp3) is 0.150. The van der Waals surface area contributed by atoms with Crippen molar-refractivity contribution >= 4 is 22.9 Å². The largest absolute Gasteiger partial charge is 0.486 e. The van der Waals surface area contributed by atoms with Gasteiger partial charge in [0, 0.05) is 6.20 Å². The van der Waals surface area contributed by atoms with E-state index in [2.05, 4.69) is 20.6 Å². The number of nitrogens with one attached hydrogen (secondary N) is 2. The number of anilines is 1. The highest BCUT2D eigenvalue weighted by Gasteiger charge is 2.21. The highest BCUT2D eigenvalue weighted by atomic mass is 32.1. The van der Waals surface area contributed by atoms with Gasteiger partial charge < -0.3 is 14.8 Å². The van der Waals surface area contributed by atoms with Crippen LogP contribution in [0.2, 0.25) is 0 Å². The highest BCUT2D eigenvalue weighted by Crippen LogP contribution is 2.31. The Morgan fingerprint density at radius 2 is 2.17 bits per heavy atom. The third-order valence-electron chi connectivity index (χ3n) is 4.45. The van der Waals surface area contributed by atoms with Crippen molar-refractivity contribution < 1.29 is 14.3 Å². The summed E-state index contributed by atoms with van der Waals surface area (Å²) in [7, 11) is 0. The van der Waals surface area contributed by atoms with E-state index in [0.717, 1.165) is 22.1 Å². The molecule has 5 rings (SSSR count). The van der Waals surface area contributed by atoms with Gasteiger partial charge in [-0.3, -0.25) is 14.6 Å². The number of thiophene rings is 1. The van der Waals surface area contributed by atoms with E-state index >= 15 is 0 Å². The van der Waals surface area contributed by atoms with E-state index in [-0.39, 0.29) is 12.0 Å². The van der Waals surface area contributed by atoms with Crippen LogP contribution < -0.4 is 14.8 Å². The lowest BCUT2D eigenvalue weighted by Crippen LogP contribution is -2.33. The van der Waals surface area contributed by atoms with Gasteiger partial charge >= 0.3 is 0 Å². The number of rotatable bonds is 5. The lowest BCUT2D eigenvalue weighted by atomic mass is 10.2. The zero-order valence-corrected chi connectivity index (χ0v) is 16.1. The van der Waals surface area contributed by atoms with Gasteiger partial charge in [0.05, 0.1) is 29.0 Å². The Hall–Kier alpha value is -3.59. The summed E-state index contributed by atoms with van der Waals surface area (Å²) in [5.41, 5.74) is 1.73. The molecular formula is C20H17N5O3S. The number of aromatic amines is 1. The molecule has 29 heavy (non-hydrogen) atoms. The predicted molar refractivity (Wildman–Crippen MR) is 108 cm³/mol. The van der Waals surface area contributed by atoms with E-state index in [4.69, 9.17) is 9.47 Å². The van der Waals surface area contributed by atoms with Crippen molar-refractivity contribution in [3.05, 3.63) is 65.9 Å². The fourth-order valence-corrected chi connectivity index (χ4v) is 3.77. The van der Waals surface area contributed by atoms with Gasteiger partial charge in [0.2, 0.25) is 0 Å². The average molecular weight is 407 g/mol. The van der Waals surface area contributed by atoms with Crippen molar-refractivity contribution in [2.45, 2.75) is 12.6 Å². The number of hydrogen-bond acceptors (Lipinski definition) is 6. The average Bonchev–Trinajstić information content (AvgIpc) is 3.49. The number of carbonyl (C=O) groups is 1. The minimum atomic E-state index is -0.296. The van der Waals surface area contributed by atoms with E-state index in [1.165, 1.54) is 0 Å². The molecule has 8 nitrogen and oxygen atoms in total. The number of carbonyl (C=O) groups excluding carboxylic acids is 1. The molecule has 1 atom stereocenters. The zero-order valence-electron chi connectivity index (χ0n) is 15.2. The maximum atomic E-state index is 12.5. The lowest BCUT2D eigenvalue weighted by Gasteiger charge is -2.26. The van der Waals surface area contributed by atoms with Crippen molar-refractivity contribution in [1.29, 1.82) is 0 Å². The molecule has 4 aromatic rings. The van der Waals surface area contributed by atoms with Crippen LogP contribution in [0.5, 0.6) is 11.5 Å². The molecule has 146 valence electrons. The number of benzene rings is 1. The number of ether oxygens (including phenoxy) is 2. The molecule has 0 fully saturated rings. The Balaban J connectivity index is 1.21. The van der Waals surface area contributed by atoms with Crippen LogP contribution in [0, 0.1) is 0 Å².